The first-order valence-corrected chi connectivity index (χ1v) is 21.8. The van der Waals surface area contributed by atoms with Gasteiger partial charge in [-0.3, -0.25) is 0 Å². The Morgan fingerprint density at radius 1 is 0.311 bits per heavy atom. The minimum Gasteiger partial charge on any atom is -0.312 e. The van der Waals surface area contributed by atoms with E-state index in [1.165, 1.54) is 193 Å². The van der Waals surface area contributed by atoms with Crippen LogP contribution < -0.4 is 0 Å². The van der Waals surface area contributed by atoms with E-state index >= 15 is 0 Å². The Hall–Kier alpha value is 0.310. The molecule has 0 bridgehead atoms. The van der Waals surface area contributed by atoms with E-state index in [0.29, 0.717) is 6.61 Å². The van der Waals surface area contributed by atoms with Crippen LogP contribution >= 0.6 is 8.60 Å². The largest absolute Gasteiger partial charge is 0.332 e. The van der Waals surface area contributed by atoms with Crippen LogP contribution in [-0.4, -0.2) is 19.8 Å². The van der Waals surface area contributed by atoms with Crippen molar-refractivity contribution in [1.29, 1.82) is 0 Å². The first-order valence-electron chi connectivity index (χ1n) is 20.7. The van der Waals surface area contributed by atoms with Crippen molar-refractivity contribution >= 4 is 8.60 Å². The lowest BCUT2D eigenvalue weighted by atomic mass is 9.99. The Labute approximate surface area is 286 Å². The van der Waals surface area contributed by atoms with Gasteiger partial charge in [0.1, 0.15) is 0 Å². The van der Waals surface area contributed by atoms with E-state index in [-0.39, 0.29) is 5.41 Å². The Bertz CT molecular complexity index is 497. The molecule has 0 unspecified atom stereocenters. The summed E-state index contributed by atoms with van der Waals surface area (Å²) in [6.45, 7) is 13.5. The topological polar surface area (TPSA) is 27.7 Å². The highest BCUT2D eigenvalue weighted by molar-refractivity contribution is 7.41. The van der Waals surface area contributed by atoms with E-state index in [4.69, 9.17) is 13.6 Å². The van der Waals surface area contributed by atoms with Crippen LogP contribution in [0.5, 0.6) is 0 Å². The molecule has 45 heavy (non-hydrogen) atoms. The fraction of sp³-hybridized carbons (Fsp3) is 1.00. The van der Waals surface area contributed by atoms with Crippen molar-refractivity contribution in [1.82, 2.24) is 0 Å². The van der Waals surface area contributed by atoms with Crippen molar-refractivity contribution in [2.24, 2.45) is 5.41 Å². The van der Waals surface area contributed by atoms with Crippen molar-refractivity contribution in [3.8, 4) is 0 Å². The minimum atomic E-state index is -1.21. The molecule has 0 N–H and O–H groups in total. The summed E-state index contributed by atoms with van der Waals surface area (Å²) < 4.78 is 18.3. The molecule has 0 saturated heterocycles. The standard InChI is InChI=1S/C41H85O3P/c1-6-8-10-12-14-16-18-20-22-24-26-28-30-32-34-36-38-42-45(44-40-41(3,4)5)43-39-37-35-33-31-29-27-25-23-21-19-17-15-13-11-9-7-2/h6-40H2,1-5H3. The summed E-state index contributed by atoms with van der Waals surface area (Å²) in [7, 11) is -1.21. The van der Waals surface area contributed by atoms with E-state index in [1.54, 1.807) is 0 Å². The smallest absolute Gasteiger partial charge is 0.312 e. The fourth-order valence-electron chi connectivity index (χ4n) is 5.94. The Balaban J connectivity index is 3.62. The van der Waals surface area contributed by atoms with Gasteiger partial charge in [0.25, 0.3) is 0 Å². The van der Waals surface area contributed by atoms with E-state index in [2.05, 4.69) is 34.6 Å². The molecule has 0 rings (SSSR count). The van der Waals surface area contributed by atoms with Gasteiger partial charge in [-0.1, -0.05) is 227 Å². The highest BCUT2D eigenvalue weighted by Gasteiger charge is 2.18. The van der Waals surface area contributed by atoms with Crippen LogP contribution in [0.3, 0.4) is 0 Å². The van der Waals surface area contributed by atoms with Crippen molar-refractivity contribution < 1.29 is 13.6 Å². The van der Waals surface area contributed by atoms with Crippen molar-refractivity contribution in [3.63, 3.8) is 0 Å². The second-order valence-corrected chi connectivity index (χ2v) is 16.6. The Morgan fingerprint density at radius 3 is 0.756 bits per heavy atom. The maximum Gasteiger partial charge on any atom is 0.332 e. The molecule has 0 aromatic rings. The molecule has 0 aliphatic carbocycles. The number of hydrogen-bond donors (Lipinski definition) is 0. The monoisotopic (exact) mass is 657 g/mol. The Morgan fingerprint density at radius 2 is 0.533 bits per heavy atom. The molecule has 0 aliphatic rings. The summed E-state index contributed by atoms with van der Waals surface area (Å²) >= 11 is 0. The first kappa shape index (κ1) is 45.3. The van der Waals surface area contributed by atoms with Gasteiger partial charge < -0.3 is 13.6 Å². The predicted octanol–water partition coefficient (Wildman–Crippen LogP) is 15.8. The van der Waals surface area contributed by atoms with Gasteiger partial charge in [0.15, 0.2) is 0 Å². The fourth-order valence-corrected chi connectivity index (χ4v) is 7.21. The molecule has 0 saturated carbocycles. The molecule has 272 valence electrons. The highest BCUT2D eigenvalue weighted by atomic mass is 31.2. The van der Waals surface area contributed by atoms with Crippen LogP contribution in [-0.2, 0) is 13.6 Å². The van der Waals surface area contributed by atoms with E-state index in [9.17, 15) is 0 Å². The van der Waals surface area contributed by atoms with Crippen LogP contribution in [0.1, 0.15) is 240 Å². The molecule has 0 aromatic heterocycles. The number of unbranched alkanes of at least 4 members (excludes halogenated alkanes) is 30. The van der Waals surface area contributed by atoms with Crippen LogP contribution in [0, 0.1) is 5.41 Å². The second kappa shape index (κ2) is 37.1. The van der Waals surface area contributed by atoms with Gasteiger partial charge in [0.05, 0.1) is 19.8 Å². The van der Waals surface area contributed by atoms with Crippen molar-refractivity contribution in [2.75, 3.05) is 19.8 Å². The van der Waals surface area contributed by atoms with Gasteiger partial charge in [-0.25, -0.2) is 0 Å². The quantitative estimate of drug-likeness (QED) is 0.0489. The zero-order chi connectivity index (χ0) is 32.9. The van der Waals surface area contributed by atoms with Crippen LogP contribution in [0.15, 0.2) is 0 Å². The van der Waals surface area contributed by atoms with Crippen molar-refractivity contribution in [2.45, 2.75) is 240 Å². The molecule has 0 spiro atoms. The lowest BCUT2D eigenvalue weighted by Crippen LogP contribution is -2.14. The number of rotatable bonds is 38. The normalized spacial score (nSPS) is 12.1. The molecule has 0 atom stereocenters. The summed E-state index contributed by atoms with van der Waals surface area (Å²) in [5.74, 6) is 0. The first-order chi connectivity index (χ1) is 22.0. The van der Waals surface area contributed by atoms with Gasteiger partial charge in [-0.15, -0.1) is 0 Å². The molecular weight excluding hydrogens is 571 g/mol. The lowest BCUT2D eigenvalue weighted by molar-refractivity contribution is 0.121. The zero-order valence-corrected chi connectivity index (χ0v) is 32.8. The summed E-state index contributed by atoms with van der Waals surface area (Å²) in [6, 6.07) is 0. The van der Waals surface area contributed by atoms with Crippen LogP contribution in [0.25, 0.3) is 0 Å². The van der Waals surface area contributed by atoms with Gasteiger partial charge in [-0.05, 0) is 18.3 Å². The third-order valence-corrected chi connectivity index (χ3v) is 10.1. The molecule has 0 fully saturated rings. The van der Waals surface area contributed by atoms with Gasteiger partial charge in [0, 0.05) is 0 Å². The highest BCUT2D eigenvalue weighted by Crippen LogP contribution is 2.41. The third-order valence-electron chi connectivity index (χ3n) is 8.99. The molecule has 0 amide bonds. The summed E-state index contributed by atoms with van der Waals surface area (Å²) in [6.07, 6.45) is 44.6. The van der Waals surface area contributed by atoms with Gasteiger partial charge >= 0.3 is 8.60 Å². The average Bonchev–Trinajstić information content (AvgIpc) is 3.02. The molecule has 4 heteroatoms. The van der Waals surface area contributed by atoms with Crippen molar-refractivity contribution in [3.05, 3.63) is 0 Å². The molecule has 0 aromatic carbocycles. The lowest BCUT2D eigenvalue weighted by Gasteiger charge is -2.22. The van der Waals surface area contributed by atoms with Crippen LogP contribution in [0.2, 0.25) is 0 Å². The molecule has 0 aliphatic heterocycles. The third kappa shape index (κ3) is 40.4. The molecular formula is C41H85O3P. The molecule has 0 heterocycles. The number of hydrogen-bond acceptors (Lipinski definition) is 3. The van der Waals surface area contributed by atoms with E-state index in [1.807, 2.05) is 0 Å². The van der Waals surface area contributed by atoms with Gasteiger partial charge in [-0.2, -0.15) is 0 Å². The summed E-state index contributed by atoms with van der Waals surface area (Å²) in [4.78, 5) is 0. The predicted molar refractivity (Wildman–Crippen MR) is 203 cm³/mol. The van der Waals surface area contributed by atoms with Crippen LogP contribution in [0.4, 0.5) is 0 Å². The van der Waals surface area contributed by atoms with E-state index in [0.717, 1.165) is 26.1 Å². The molecule has 3 nitrogen and oxygen atoms in total. The zero-order valence-electron chi connectivity index (χ0n) is 31.9. The summed E-state index contributed by atoms with van der Waals surface area (Å²) in [5.41, 5.74) is 0.135. The summed E-state index contributed by atoms with van der Waals surface area (Å²) in [5, 5.41) is 0. The van der Waals surface area contributed by atoms with E-state index < -0.39 is 8.60 Å². The maximum absolute atomic E-state index is 6.11. The van der Waals surface area contributed by atoms with Gasteiger partial charge in [0.2, 0.25) is 0 Å². The second-order valence-electron chi connectivity index (χ2n) is 15.3. The average molecular weight is 657 g/mol. The SMILES string of the molecule is CCCCCCCCCCCCCCCCCCOP(OCCCCCCCCCCCCCCCCCC)OCC(C)(C)C. The molecule has 0 radical (unpaired) electrons. The Kier molecular flexibility index (Phi) is 37.4. The maximum atomic E-state index is 6.11. The minimum absolute atomic E-state index is 0.135.